The zero-order valence-electron chi connectivity index (χ0n) is 17.6. The molecule has 0 spiro atoms. The van der Waals surface area contributed by atoms with E-state index in [0.29, 0.717) is 29.9 Å². The van der Waals surface area contributed by atoms with Gasteiger partial charge in [-0.3, -0.25) is 0 Å². The van der Waals surface area contributed by atoms with Gasteiger partial charge in [0.1, 0.15) is 5.82 Å². The first-order valence-electron chi connectivity index (χ1n) is 11.4. The zero-order valence-corrected chi connectivity index (χ0v) is 17.6. The number of fused-ring (bicyclic) bond motifs is 4. The molecule has 5 atom stereocenters. The second-order valence-corrected chi connectivity index (χ2v) is 9.18. The van der Waals surface area contributed by atoms with Crippen LogP contribution in [-0.4, -0.2) is 19.1 Å². The number of carbonyl (C=O) groups excluding carboxylic acids is 1. The van der Waals surface area contributed by atoms with E-state index in [1.807, 2.05) is 19.1 Å². The fraction of sp³-hybridized carbons (Fsp3) is 0.370. The Hall–Kier alpha value is -2.88. The molecule has 2 aromatic carbocycles. The number of nitrogens with zero attached hydrogens (tertiary/aromatic N) is 1. The third-order valence-electron chi connectivity index (χ3n) is 7.57. The Morgan fingerprint density at radius 1 is 1.06 bits per heavy atom. The van der Waals surface area contributed by atoms with Crippen molar-refractivity contribution < 1.29 is 13.9 Å². The third kappa shape index (κ3) is 2.80. The molecule has 2 aromatic rings. The van der Waals surface area contributed by atoms with Crippen LogP contribution in [0.4, 0.5) is 10.1 Å². The Kier molecular flexibility index (Phi) is 4.31. The third-order valence-corrected chi connectivity index (χ3v) is 7.57. The predicted octanol–water partition coefficient (Wildman–Crippen LogP) is 5.90. The summed E-state index contributed by atoms with van der Waals surface area (Å²) in [5, 5.41) is 0. The summed E-state index contributed by atoms with van der Waals surface area (Å²) in [7, 11) is 0. The molecule has 4 aliphatic rings. The largest absolute Gasteiger partial charge is 0.462 e. The number of allylic oxidation sites excluding steroid dienone is 4. The highest BCUT2D eigenvalue weighted by Gasteiger charge is 2.48. The van der Waals surface area contributed by atoms with Gasteiger partial charge in [-0.05, 0) is 72.6 Å². The molecule has 0 bridgehead atoms. The van der Waals surface area contributed by atoms with Crippen molar-refractivity contribution in [1.29, 1.82) is 0 Å². The lowest BCUT2D eigenvalue weighted by atomic mass is 9.70. The van der Waals surface area contributed by atoms with E-state index in [1.165, 1.54) is 22.4 Å². The van der Waals surface area contributed by atoms with Crippen LogP contribution in [0.25, 0.3) is 0 Å². The Morgan fingerprint density at radius 3 is 2.55 bits per heavy atom. The van der Waals surface area contributed by atoms with Crippen LogP contribution in [0.1, 0.15) is 64.7 Å². The van der Waals surface area contributed by atoms with Crippen LogP contribution in [0.15, 0.2) is 60.7 Å². The van der Waals surface area contributed by atoms with E-state index in [2.05, 4.69) is 41.3 Å². The topological polar surface area (TPSA) is 29.5 Å². The maximum Gasteiger partial charge on any atom is 0.338 e. The molecule has 2 aliphatic heterocycles. The van der Waals surface area contributed by atoms with Gasteiger partial charge in [-0.15, -0.1) is 0 Å². The van der Waals surface area contributed by atoms with E-state index in [0.717, 1.165) is 19.4 Å². The van der Waals surface area contributed by atoms with E-state index < -0.39 is 0 Å². The van der Waals surface area contributed by atoms with Crippen LogP contribution in [0.5, 0.6) is 0 Å². The predicted molar refractivity (Wildman–Crippen MR) is 119 cm³/mol. The van der Waals surface area contributed by atoms with Gasteiger partial charge in [-0.1, -0.05) is 36.4 Å². The summed E-state index contributed by atoms with van der Waals surface area (Å²) in [6, 6.07) is 11.4. The van der Waals surface area contributed by atoms with Crippen LogP contribution < -0.4 is 4.90 Å². The number of halogens is 1. The van der Waals surface area contributed by atoms with Crippen LogP contribution >= 0.6 is 0 Å². The van der Waals surface area contributed by atoms with Gasteiger partial charge in [-0.2, -0.15) is 0 Å². The van der Waals surface area contributed by atoms with Crippen molar-refractivity contribution >= 4 is 11.7 Å². The molecule has 158 valence electrons. The van der Waals surface area contributed by atoms with Gasteiger partial charge in [0.05, 0.1) is 18.2 Å². The number of hydrogen-bond donors (Lipinski definition) is 0. The average molecular weight is 416 g/mol. The highest BCUT2D eigenvalue weighted by atomic mass is 19.1. The first kappa shape index (κ1) is 18.9. The lowest BCUT2D eigenvalue weighted by molar-refractivity contribution is 0.0526. The van der Waals surface area contributed by atoms with Crippen molar-refractivity contribution in [3.63, 3.8) is 0 Å². The number of carbonyl (C=O) groups is 1. The number of anilines is 1. The normalized spacial score (nSPS) is 29.5. The minimum Gasteiger partial charge on any atom is -0.462 e. The maximum atomic E-state index is 13.7. The van der Waals surface area contributed by atoms with E-state index >= 15 is 0 Å². The van der Waals surface area contributed by atoms with Crippen molar-refractivity contribution in [3.8, 4) is 0 Å². The van der Waals surface area contributed by atoms with Crippen molar-refractivity contribution in [2.75, 3.05) is 18.1 Å². The van der Waals surface area contributed by atoms with E-state index in [1.54, 1.807) is 12.1 Å². The van der Waals surface area contributed by atoms with Gasteiger partial charge < -0.3 is 9.64 Å². The first-order chi connectivity index (χ1) is 15.2. The van der Waals surface area contributed by atoms with Gasteiger partial charge in [0.2, 0.25) is 0 Å². The average Bonchev–Trinajstić information content (AvgIpc) is 3.44. The molecule has 2 heterocycles. The summed E-state index contributed by atoms with van der Waals surface area (Å²) in [5.74, 6) is 1.06. The lowest BCUT2D eigenvalue weighted by Crippen LogP contribution is -2.46. The van der Waals surface area contributed by atoms with Crippen LogP contribution in [-0.2, 0) is 4.74 Å². The van der Waals surface area contributed by atoms with Crippen molar-refractivity contribution in [3.05, 3.63) is 88.8 Å². The summed E-state index contributed by atoms with van der Waals surface area (Å²) in [5.41, 5.74) is 5.61. The summed E-state index contributed by atoms with van der Waals surface area (Å²) < 4.78 is 19.1. The molecule has 3 nitrogen and oxygen atoms in total. The SMILES string of the molecule is CCOC(=O)c1cc2c3c(c1)[C@@H]1C=CC[C@@H]1CN3[C@@H](c1ccc(F)cc1)[C@@H]1CC=C[C@H]21. The van der Waals surface area contributed by atoms with Gasteiger partial charge in [-0.25, -0.2) is 9.18 Å². The Balaban J connectivity index is 1.56. The van der Waals surface area contributed by atoms with Gasteiger partial charge in [0, 0.05) is 24.1 Å². The molecule has 0 aromatic heterocycles. The Labute approximate surface area is 182 Å². The minimum absolute atomic E-state index is 0.195. The lowest BCUT2D eigenvalue weighted by Gasteiger charge is -2.51. The number of hydrogen-bond acceptors (Lipinski definition) is 3. The standard InChI is InChI=1S/C27H26FNO2/c1-2-31-27(30)18-13-23-20-6-3-5-17(20)15-29-25(16-9-11-19(28)12-10-16)22-8-4-7-21(22)24(14-18)26(23)29/h3-4,6-7,9-14,17,20-22,25H,2,5,8,15H2,1H3/t17-,20-,21+,22-,25+/m1/s1. The number of benzene rings is 2. The highest BCUT2D eigenvalue weighted by molar-refractivity contribution is 5.92. The van der Waals surface area contributed by atoms with Crippen molar-refractivity contribution in [2.45, 2.75) is 37.6 Å². The summed E-state index contributed by atoms with van der Waals surface area (Å²) >= 11 is 0. The molecular weight excluding hydrogens is 389 g/mol. The fourth-order valence-electron chi connectivity index (χ4n) is 6.35. The van der Waals surface area contributed by atoms with E-state index in [4.69, 9.17) is 4.74 Å². The van der Waals surface area contributed by atoms with Crippen LogP contribution in [0.3, 0.4) is 0 Å². The first-order valence-corrected chi connectivity index (χ1v) is 11.4. The minimum atomic E-state index is -0.239. The molecule has 0 fully saturated rings. The van der Waals surface area contributed by atoms with Crippen molar-refractivity contribution in [2.24, 2.45) is 11.8 Å². The smallest absolute Gasteiger partial charge is 0.338 e. The Bertz CT molecular complexity index is 1090. The van der Waals surface area contributed by atoms with Gasteiger partial charge in [0.15, 0.2) is 0 Å². The second-order valence-electron chi connectivity index (χ2n) is 9.18. The molecule has 0 unspecified atom stereocenters. The number of esters is 1. The van der Waals surface area contributed by atoms with Gasteiger partial charge in [0.25, 0.3) is 0 Å². The summed E-state index contributed by atoms with van der Waals surface area (Å²) in [6.07, 6.45) is 11.2. The summed E-state index contributed by atoms with van der Waals surface area (Å²) in [4.78, 5) is 15.3. The molecular formula is C27H26FNO2. The molecule has 0 N–H and O–H groups in total. The fourth-order valence-corrected chi connectivity index (χ4v) is 6.35. The molecule has 31 heavy (non-hydrogen) atoms. The zero-order chi connectivity index (χ0) is 21.1. The number of ether oxygens (including phenoxy) is 1. The Morgan fingerprint density at radius 2 is 1.77 bits per heavy atom. The summed E-state index contributed by atoms with van der Waals surface area (Å²) in [6.45, 7) is 3.21. The molecule has 0 radical (unpaired) electrons. The van der Waals surface area contributed by atoms with Crippen LogP contribution in [0.2, 0.25) is 0 Å². The second kappa shape index (κ2) is 7.08. The maximum absolute atomic E-state index is 13.7. The molecule has 6 rings (SSSR count). The van der Waals surface area contributed by atoms with E-state index in [9.17, 15) is 9.18 Å². The van der Waals surface area contributed by atoms with E-state index in [-0.39, 0.29) is 23.7 Å². The highest BCUT2D eigenvalue weighted by Crippen LogP contribution is 2.58. The molecule has 2 aliphatic carbocycles. The molecule has 0 saturated carbocycles. The molecule has 0 amide bonds. The van der Waals surface area contributed by atoms with Gasteiger partial charge >= 0.3 is 5.97 Å². The van der Waals surface area contributed by atoms with Crippen molar-refractivity contribution in [1.82, 2.24) is 0 Å². The molecule has 4 heteroatoms. The van der Waals surface area contributed by atoms with Crippen LogP contribution in [0, 0.1) is 17.7 Å². The molecule has 0 saturated heterocycles. The number of rotatable bonds is 3. The monoisotopic (exact) mass is 415 g/mol. The quantitative estimate of drug-likeness (QED) is 0.462.